The standard InChI is InChI=1S/C14H9Cl2N3O4/c15-14(16)13(11-3-1-2-4-12(11)19(22)23)17(14)9-5-7-10(8-6-9)18(20)21/h1-8,13H/t13-,17?/m1/s1. The van der Waals surface area contributed by atoms with Gasteiger partial charge in [0.2, 0.25) is 4.46 Å². The first-order valence-corrected chi connectivity index (χ1v) is 7.24. The van der Waals surface area contributed by atoms with Crippen molar-refractivity contribution in [1.82, 2.24) is 0 Å². The van der Waals surface area contributed by atoms with E-state index in [0.717, 1.165) is 0 Å². The van der Waals surface area contributed by atoms with Crippen LogP contribution in [0.3, 0.4) is 0 Å². The highest BCUT2D eigenvalue weighted by atomic mass is 35.5. The maximum atomic E-state index is 11.2. The molecule has 3 rings (SSSR count). The molecule has 2 aromatic rings. The first-order chi connectivity index (χ1) is 10.8. The Morgan fingerprint density at radius 3 is 2.13 bits per heavy atom. The average molecular weight is 354 g/mol. The van der Waals surface area contributed by atoms with Gasteiger partial charge in [-0.25, -0.2) is 0 Å². The van der Waals surface area contributed by atoms with Crippen LogP contribution in [-0.2, 0) is 0 Å². The molecule has 0 unspecified atom stereocenters. The Morgan fingerprint density at radius 1 is 0.957 bits per heavy atom. The molecule has 0 bridgehead atoms. The fraction of sp³-hybridized carbons (Fsp3) is 0.143. The number of benzene rings is 2. The molecule has 1 heterocycles. The normalized spacial score (nSPS) is 18.5. The van der Waals surface area contributed by atoms with Crippen molar-refractivity contribution in [2.24, 2.45) is 0 Å². The number of para-hydroxylation sites is 1. The highest BCUT2D eigenvalue weighted by Gasteiger charge is 2.63. The van der Waals surface area contributed by atoms with Gasteiger partial charge < -0.3 is 4.90 Å². The lowest BCUT2D eigenvalue weighted by atomic mass is 10.1. The third-order valence-corrected chi connectivity index (χ3v) is 4.38. The van der Waals surface area contributed by atoms with Crippen molar-refractivity contribution in [3.8, 4) is 0 Å². The fourth-order valence-corrected chi connectivity index (χ4v) is 3.24. The maximum Gasteiger partial charge on any atom is 0.274 e. The van der Waals surface area contributed by atoms with Crippen LogP contribution in [0.5, 0.6) is 0 Å². The summed E-state index contributed by atoms with van der Waals surface area (Å²) in [6.07, 6.45) is 0. The number of anilines is 1. The predicted molar refractivity (Wildman–Crippen MR) is 85.8 cm³/mol. The number of nitro benzene ring substituents is 2. The van der Waals surface area contributed by atoms with Crippen LogP contribution < -0.4 is 4.90 Å². The SMILES string of the molecule is O=[N+]([O-])c1ccc(N2[C@H](c3ccccc3[N+](=O)[O-])C2(Cl)Cl)cc1. The summed E-state index contributed by atoms with van der Waals surface area (Å²) in [7, 11) is 0. The topological polar surface area (TPSA) is 89.3 Å². The van der Waals surface area contributed by atoms with Crippen LogP contribution in [-0.4, -0.2) is 14.3 Å². The Hall–Kier alpha value is -2.38. The van der Waals surface area contributed by atoms with Crippen molar-refractivity contribution < 1.29 is 9.85 Å². The number of nitro groups is 2. The van der Waals surface area contributed by atoms with Crippen LogP contribution in [0.2, 0.25) is 0 Å². The van der Waals surface area contributed by atoms with Gasteiger partial charge in [0.1, 0.15) is 6.04 Å². The summed E-state index contributed by atoms with van der Waals surface area (Å²) >= 11 is 12.5. The summed E-state index contributed by atoms with van der Waals surface area (Å²) in [4.78, 5) is 22.4. The molecule has 1 atom stereocenters. The Balaban J connectivity index is 1.97. The second kappa shape index (κ2) is 5.36. The van der Waals surface area contributed by atoms with E-state index in [-0.39, 0.29) is 11.4 Å². The summed E-state index contributed by atoms with van der Waals surface area (Å²) < 4.78 is -1.34. The minimum atomic E-state index is -1.34. The molecule has 1 fully saturated rings. The van der Waals surface area contributed by atoms with E-state index in [2.05, 4.69) is 0 Å². The smallest absolute Gasteiger partial charge is 0.274 e. The van der Waals surface area contributed by atoms with Crippen LogP contribution in [0.15, 0.2) is 48.5 Å². The zero-order chi connectivity index (χ0) is 16.8. The van der Waals surface area contributed by atoms with Crippen LogP contribution in [0.4, 0.5) is 17.1 Å². The highest BCUT2D eigenvalue weighted by molar-refractivity contribution is 6.53. The molecule has 0 spiro atoms. The van der Waals surface area contributed by atoms with Gasteiger partial charge in [0, 0.05) is 23.9 Å². The summed E-state index contributed by atoms with van der Waals surface area (Å²) in [6.45, 7) is 0. The second-order valence-electron chi connectivity index (χ2n) is 4.95. The molecule has 1 aliphatic rings. The number of hydrogen-bond donors (Lipinski definition) is 0. The van der Waals surface area contributed by atoms with Crippen LogP contribution in [0.25, 0.3) is 0 Å². The van der Waals surface area contributed by atoms with Gasteiger partial charge in [-0.2, -0.15) is 0 Å². The van der Waals surface area contributed by atoms with Crippen LogP contribution in [0, 0.1) is 20.2 Å². The quantitative estimate of drug-likeness (QED) is 0.270. The number of alkyl halides is 2. The molecule has 0 aliphatic carbocycles. The van der Waals surface area contributed by atoms with Crippen molar-refractivity contribution in [3.05, 3.63) is 74.3 Å². The average Bonchev–Trinajstić information content (AvgIpc) is 3.09. The number of rotatable bonds is 4. The van der Waals surface area contributed by atoms with E-state index < -0.39 is 20.3 Å². The third kappa shape index (κ3) is 2.58. The Morgan fingerprint density at radius 2 is 1.57 bits per heavy atom. The van der Waals surface area contributed by atoms with E-state index in [1.54, 1.807) is 23.1 Å². The van der Waals surface area contributed by atoms with Crippen LogP contribution >= 0.6 is 23.2 Å². The van der Waals surface area contributed by atoms with E-state index in [9.17, 15) is 20.2 Å². The lowest BCUT2D eigenvalue weighted by molar-refractivity contribution is -0.385. The van der Waals surface area contributed by atoms with Gasteiger partial charge in [0.25, 0.3) is 11.4 Å². The highest BCUT2D eigenvalue weighted by Crippen LogP contribution is 2.62. The van der Waals surface area contributed by atoms with Gasteiger partial charge in [-0.3, -0.25) is 20.2 Å². The zero-order valence-corrected chi connectivity index (χ0v) is 12.9. The summed E-state index contributed by atoms with van der Waals surface area (Å²) in [6, 6.07) is 11.3. The van der Waals surface area contributed by atoms with Gasteiger partial charge in [-0.05, 0) is 18.2 Å². The van der Waals surface area contributed by atoms with Crippen molar-refractivity contribution in [2.75, 3.05) is 4.90 Å². The molecule has 0 N–H and O–H groups in total. The van der Waals surface area contributed by atoms with E-state index in [4.69, 9.17) is 23.2 Å². The third-order valence-electron chi connectivity index (χ3n) is 3.61. The molecule has 1 aliphatic heterocycles. The van der Waals surface area contributed by atoms with Crippen molar-refractivity contribution >= 4 is 40.3 Å². The minimum absolute atomic E-state index is 0.0624. The molecular weight excluding hydrogens is 345 g/mol. The molecule has 23 heavy (non-hydrogen) atoms. The van der Waals surface area contributed by atoms with E-state index in [0.29, 0.717) is 11.3 Å². The molecule has 0 radical (unpaired) electrons. The monoisotopic (exact) mass is 353 g/mol. The fourth-order valence-electron chi connectivity index (χ4n) is 2.51. The van der Waals surface area contributed by atoms with Gasteiger partial charge in [-0.15, -0.1) is 0 Å². The second-order valence-corrected chi connectivity index (χ2v) is 6.30. The number of nitrogens with zero attached hydrogens (tertiary/aromatic N) is 3. The van der Waals surface area contributed by atoms with Crippen LogP contribution in [0.1, 0.15) is 11.6 Å². The van der Waals surface area contributed by atoms with E-state index >= 15 is 0 Å². The van der Waals surface area contributed by atoms with E-state index in [1.807, 2.05) is 0 Å². The van der Waals surface area contributed by atoms with Gasteiger partial charge in [-0.1, -0.05) is 35.3 Å². The zero-order valence-electron chi connectivity index (χ0n) is 11.4. The van der Waals surface area contributed by atoms with Crippen molar-refractivity contribution in [2.45, 2.75) is 10.5 Å². The van der Waals surface area contributed by atoms with Gasteiger partial charge in [0.15, 0.2) is 0 Å². The van der Waals surface area contributed by atoms with Gasteiger partial charge >= 0.3 is 0 Å². The summed E-state index contributed by atoms with van der Waals surface area (Å²) in [5, 5.41) is 21.8. The summed E-state index contributed by atoms with van der Waals surface area (Å²) in [5.74, 6) is 0. The molecule has 0 amide bonds. The maximum absolute atomic E-state index is 11.2. The first kappa shape index (κ1) is 15.5. The lowest BCUT2D eigenvalue weighted by Crippen LogP contribution is -2.01. The lowest BCUT2D eigenvalue weighted by Gasteiger charge is -2.06. The van der Waals surface area contributed by atoms with E-state index in [1.165, 1.54) is 30.3 Å². The van der Waals surface area contributed by atoms with Crippen molar-refractivity contribution in [3.63, 3.8) is 0 Å². The molecule has 0 saturated carbocycles. The Kier molecular flexibility index (Phi) is 3.62. The minimum Gasteiger partial charge on any atom is -0.326 e. The Labute approximate surface area is 140 Å². The molecular formula is C14H9Cl2N3O4. The summed E-state index contributed by atoms with van der Waals surface area (Å²) in [5.41, 5.74) is 0.796. The molecule has 118 valence electrons. The molecule has 0 aromatic heterocycles. The van der Waals surface area contributed by atoms with Gasteiger partial charge in [0.05, 0.1) is 15.4 Å². The number of non-ortho nitro benzene ring substituents is 1. The molecule has 7 nitrogen and oxygen atoms in total. The predicted octanol–water partition coefficient (Wildman–Crippen LogP) is 4.20. The first-order valence-electron chi connectivity index (χ1n) is 6.49. The Bertz CT molecular complexity index is 795. The molecule has 1 saturated heterocycles. The van der Waals surface area contributed by atoms with Crippen molar-refractivity contribution in [1.29, 1.82) is 0 Å². The number of hydrogen-bond acceptors (Lipinski definition) is 5. The molecule has 2 aromatic carbocycles. The largest absolute Gasteiger partial charge is 0.326 e. The number of halogens is 2. The molecule has 9 heteroatoms.